The summed E-state index contributed by atoms with van der Waals surface area (Å²) in [6, 6.07) is 12.7. The Morgan fingerprint density at radius 1 is 1.03 bits per heavy atom. The second-order valence-corrected chi connectivity index (χ2v) is 8.80. The van der Waals surface area contributed by atoms with Crippen LogP contribution in [0.5, 0.6) is 5.75 Å². The minimum atomic E-state index is -0.454. The largest absolute Gasteiger partial charge is 0.508 e. The number of benzene rings is 2. The van der Waals surface area contributed by atoms with E-state index in [-0.39, 0.29) is 11.9 Å². The summed E-state index contributed by atoms with van der Waals surface area (Å²) in [5.41, 5.74) is 3.59. The lowest BCUT2D eigenvalue weighted by Gasteiger charge is -2.20. The van der Waals surface area contributed by atoms with Crippen molar-refractivity contribution in [2.75, 3.05) is 27.7 Å². The normalized spacial score (nSPS) is 15.2. The number of nitrogens with zero attached hydrogens (tertiary/aromatic N) is 2. The van der Waals surface area contributed by atoms with Crippen LogP contribution < -0.4 is 5.32 Å². The summed E-state index contributed by atoms with van der Waals surface area (Å²) in [6.07, 6.45) is 3.54. The summed E-state index contributed by atoms with van der Waals surface area (Å²) in [5, 5.41) is 14.2. The van der Waals surface area contributed by atoms with E-state index in [0.29, 0.717) is 40.7 Å². The number of methoxy groups -OCH3 is 1. The monoisotopic (exact) mass is 458 g/mol. The number of ether oxygens (including phenoxy) is 1. The van der Waals surface area contributed by atoms with Crippen LogP contribution in [0.2, 0.25) is 0 Å². The van der Waals surface area contributed by atoms with Gasteiger partial charge in [0.05, 0.1) is 23.8 Å². The summed E-state index contributed by atoms with van der Waals surface area (Å²) in [4.78, 5) is 31.3. The number of H-pyrrole nitrogens is 1. The Balaban J connectivity index is 1.73. The number of fused-ring (bicyclic) bond motifs is 2. The van der Waals surface area contributed by atoms with E-state index in [2.05, 4.69) is 10.3 Å². The van der Waals surface area contributed by atoms with Gasteiger partial charge in [0.2, 0.25) is 0 Å². The molecule has 2 aromatic heterocycles. The van der Waals surface area contributed by atoms with E-state index >= 15 is 0 Å². The number of phenols is 1. The molecule has 3 N–H and O–H groups in total. The van der Waals surface area contributed by atoms with Crippen LogP contribution in [0.4, 0.5) is 0 Å². The third kappa shape index (κ3) is 3.67. The molecule has 0 spiro atoms. The number of aromatic amines is 1. The second kappa shape index (κ2) is 8.48. The van der Waals surface area contributed by atoms with E-state index in [1.165, 1.54) is 0 Å². The van der Waals surface area contributed by atoms with Gasteiger partial charge in [0.25, 0.3) is 11.8 Å². The Hall–Kier alpha value is -3.88. The zero-order chi connectivity index (χ0) is 24.0. The molecule has 1 aliphatic heterocycles. The van der Waals surface area contributed by atoms with Crippen molar-refractivity contribution in [1.82, 2.24) is 19.8 Å². The van der Waals surface area contributed by atoms with Gasteiger partial charge in [-0.05, 0) is 38.4 Å². The molecule has 0 fully saturated rings. The molecule has 1 aliphatic rings. The highest BCUT2D eigenvalue weighted by molar-refractivity contribution is 6.50. The van der Waals surface area contributed by atoms with Crippen LogP contribution >= 0.6 is 0 Å². The zero-order valence-electron chi connectivity index (χ0n) is 19.3. The number of aromatic hydroxyl groups is 1. The number of amides is 2. The summed E-state index contributed by atoms with van der Waals surface area (Å²) < 4.78 is 7.69. The Labute approximate surface area is 196 Å². The number of nitrogens with one attached hydrogen (secondary N) is 2. The number of hydrogen-bond acceptors (Lipinski definition) is 5. The first-order chi connectivity index (χ1) is 16.4. The average molecular weight is 459 g/mol. The van der Waals surface area contributed by atoms with E-state index in [9.17, 15) is 14.7 Å². The standard InChI is InChI=1S/C26H26N4O4/c1-29(2)12-16(34-3)13-30-14-20(18-10-15(31)8-9-22(18)30)24-23(25(32)28-26(24)33)19-11-27-21-7-5-4-6-17(19)21/h4-11,14,16,27,31H,12-13H2,1-3H3,(H,28,32,33). The van der Waals surface area contributed by atoms with E-state index in [0.717, 1.165) is 16.4 Å². The molecule has 2 aromatic carbocycles. The molecule has 3 heterocycles. The number of imide groups is 1. The molecular weight excluding hydrogens is 432 g/mol. The molecule has 2 amide bonds. The second-order valence-electron chi connectivity index (χ2n) is 8.80. The van der Waals surface area contributed by atoms with Crippen molar-refractivity contribution >= 4 is 44.8 Å². The smallest absolute Gasteiger partial charge is 0.259 e. The lowest BCUT2D eigenvalue weighted by molar-refractivity contribution is -0.122. The summed E-state index contributed by atoms with van der Waals surface area (Å²) in [6.45, 7) is 1.26. The van der Waals surface area contributed by atoms with Crippen LogP contribution in [0.1, 0.15) is 11.1 Å². The Morgan fingerprint density at radius 3 is 2.50 bits per heavy atom. The van der Waals surface area contributed by atoms with Crippen molar-refractivity contribution in [3.05, 3.63) is 66.0 Å². The van der Waals surface area contributed by atoms with Crippen molar-refractivity contribution in [1.29, 1.82) is 0 Å². The van der Waals surface area contributed by atoms with E-state index in [1.807, 2.05) is 60.1 Å². The first kappa shape index (κ1) is 21.9. The molecule has 0 aliphatic carbocycles. The lowest BCUT2D eigenvalue weighted by atomic mass is 9.95. The van der Waals surface area contributed by atoms with Crippen LogP contribution in [0, 0.1) is 0 Å². The summed E-state index contributed by atoms with van der Waals surface area (Å²) in [7, 11) is 5.64. The number of rotatable bonds is 7. The van der Waals surface area contributed by atoms with Gasteiger partial charge in [0.15, 0.2) is 0 Å². The van der Waals surface area contributed by atoms with E-state index < -0.39 is 11.8 Å². The summed E-state index contributed by atoms with van der Waals surface area (Å²) >= 11 is 0. The minimum absolute atomic E-state index is 0.0852. The zero-order valence-corrected chi connectivity index (χ0v) is 19.3. The fourth-order valence-corrected chi connectivity index (χ4v) is 4.72. The minimum Gasteiger partial charge on any atom is -0.508 e. The average Bonchev–Trinajstić information content (AvgIpc) is 3.45. The van der Waals surface area contributed by atoms with Gasteiger partial charge in [-0.1, -0.05) is 18.2 Å². The van der Waals surface area contributed by atoms with Gasteiger partial charge in [0, 0.05) is 59.0 Å². The molecule has 0 bridgehead atoms. The van der Waals surface area contributed by atoms with Crippen LogP contribution in [-0.2, 0) is 20.9 Å². The topological polar surface area (TPSA) is 99.6 Å². The quantitative estimate of drug-likeness (QED) is 0.370. The van der Waals surface area contributed by atoms with E-state index in [4.69, 9.17) is 4.74 Å². The van der Waals surface area contributed by atoms with Gasteiger partial charge in [-0.2, -0.15) is 0 Å². The van der Waals surface area contributed by atoms with Gasteiger partial charge in [-0.3, -0.25) is 14.9 Å². The van der Waals surface area contributed by atoms with Crippen molar-refractivity contribution < 1.29 is 19.4 Å². The van der Waals surface area contributed by atoms with Crippen LogP contribution in [0.25, 0.3) is 33.0 Å². The molecule has 0 saturated heterocycles. The summed E-state index contributed by atoms with van der Waals surface area (Å²) in [5.74, 6) is -0.806. The molecule has 0 saturated carbocycles. The predicted octanol–water partition coefficient (Wildman–Crippen LogP) is 2.97. The number of carbonyl (C=O) groups excluding carboxylic acids is 2. The first-order valence-electron chi connectivity index (χ1n) is 11.0. The van der Waals surface area contributed by atoms with Crippen LogP contribution in [-0.4, -0.2) is 65.2 Å². The molecule has 8 heteroatoms. The molecule has 0 radical (unpaired) electrons. The maximum atomic E-state index is 13.1. The highest BCUT2D eigenvalue weighted by atomic mass is 16.5. The van der Waals surface area contributed by atoms with E-state index in [1.54, 1.807) is 25.4 Å². The number of para-hydroxylation sites is 1. The fraction of sp³-hybridized carbons (Fsp3) is 0.231. The van der Waals surface area contributed by atoms with Crippen molar-refractivity contribution in [2.24, 2.45) is 0 Å². The highest BCUT2D eigenvalue weighted by Gasteiger charge is 2.35. The highest BCUT2D eigenvalue weighted by Crippen LogP contribution is 2.39. The SMILES string of the molecule is COC(CN(C)C)Cn1cc(C2=C(c3c[nH]c4ccccc34)C(=O)NC2=O)c2cc(O)ccc21. The molecule has 8 nitrogen and oxygen atoms in total. The van der Waals surface area contributed by atoms with Crippen molar-refractivity contribution in [3.8, 4) is 5.75 Å². The van der Waals surface area contributed by atoms with Gasteiger partial charge in [-0.15, -0.1) is 0 Å². The maximum absolute atomic E-state index is 13.1. The van der Waals surface area contributed by atoms with Crippen LogP contribution in [0.3, 0.4) is 0 Å². The molecule has 174 valence electrons. The van der Waals surface area contributed by atoms with Gasteiger partial charge >= 0.3 is 0 Å². The Kier molecular flexibility index (Phi) is 5.47. The number of likely N-dealkylation sites (N-methyl/N-ethyl adjacent to an activating group) is 1. The van der Waals surface area contributed by atoms with Crippen LogP contribution in [0.15, 0.2) is 54.9 Å². The van der Waals surface area contributed by atoms with Gasteiger partial charge in [-0.25, -0.2) is 0 Å². The fourth-order valence-electron chi connectivity index (χ4n) is 4.72. The predicted molar refractivity (Wildman–Crippen MR) is 131 cm³/mol. The third-order valence-electron chi connectivity index (χ3n) is 6.23. The third-order valence-corrected chi connectivity index (χ3v) is 6.23. The molecule has 1 unspecified atom stereocenters. The van der Waals surface area contributed by atoms with Crippen molar-refractivity contribution in [3.63, 3.8) is 0 Å². The molecule has 4 aromatic rings. The van der Waals surface area contributed by atoms with Gasteiger partial charge in [0.1, 0.15) is 5.75 Å². The number of carbonyl (C=O) groups is 2. The molecular formula is C26H26N4O4. The Morgan fingerprint density at radius 2 is 1.76 bits per heavy atom. The number of hydrogen-bond donors (Lipinski definition) is 3. The molecule has 5 rings (SSSR count). The van der Waals surface area contributed by atoms with Gasteiger partial charge < -0.3 is 24.3 Å². The maximum Gasteiger partial charge on any atom is 0.259 e. The molecule has 34 heavy (non-hydrogen) atoms. The number of aromatic nitrogens is 2. The van der Waals surface area contributed by atoms with Crippen molar-refractivity contribution in [2.45, 2.75) is 12.6 Å². The number of phenolic OH excluding ortho intramolecular Hbond substituents is 1. The Bertz CT molecular complexity index is 1460. The lowest BCUT2D eigenvalue weighted by Crippen LogP contribution is -2.31. The first-order valence-corrected chi connectivity index (χ1v) is 11.0. The molecule has 1 atom stereocenters.